The molecule has 1 aliphatic rings. The summed E-state index contributed by atoms with van der Waals surface area (Å²) in [6.07, 6.45) is -0.0154. The third-order valence-corrected chi connectivity index (χ3v) is 2.48. The molecule has 80 valence electrons. The van der Waals surface area contributed by atoms with Gasteiger partial charge in [0.2, 0.25) is 0 Å². The lowest BCUT2D eigenvalue weighted by atomic mass is 10.2. The Kier molecular flexibility index (Phi) is 4.10. The van der Waals surface area contributed by atoms with Crippen molar-refractivity contribution in [3.8, 4) is 0 Å². The van der Waals surface area contributed by atoms with Crippen LogP contribution in [0.2, 0.25) is 0 Å². The van der Waals surface area contributed by atoms with Gasteiger partial charge in [-0.25, -0.2) is 0 Å². The van der Waals surface area contributed by atoms with E-state index in [1.165, 1.54) is 7.11 Å². The van der Waals surface area contributed by atoms with Gasteiger partial charge in [-0.1, -0.05) is 22.5 Å². The zero-order valence-corrected chi connectivity index (χ0v) is 9.66. The molecule has 0 aromatic carbocycles. The van der Waals surface area contributed by atoms with E-state index in [9.17, 15) is 9.90 Å². The third kappa shape index (κ3) is 2.80. The maximum Gasteiger partial charge on any atom is 0.323 e. The molecule has 1 fully saturated rings. The quantitative estimate of drug-likeness (QED) is 0.754. The number of aliphatic hydroxyl groups is 1. The van der Waals surface area contributed by atoms with Gasteiger partial charge in [-0.2, -0.15) is 0 Å². The van der Waals surface area contributed by atoms with Crippen LogP contribution in [0.15, 0.2) is 11.1 Å². The first kappa shape index (κ1) is 11.7. The standard InChI is InChI=1S/C9H14BrNO3/c1-6(10)4-11-5-7(12)3-8(11)9(13)14-2/h7-8,12H,1,3-5H2,2H3/t7-,8+/m1/s1. The van der Waals surface area contributed by atoms with Crippen molar-refractivity contribution in [2.24, 2.45) is 0 Å². The molecule has 0 spiro atoms. The lowest BCUT2D eigenvalue weighted by Crippen LogP contribution is -2.37. The minimum Gasteiger partial charge on any atom is -0.468 e. The predicted molar refractivity (Wildman–Crippen MR) is 56.1 cm³/mol. The number of ether oxygens (including phenoxy) is 1. The van der Waals surface area contributed by atoms with Gasteiger partial charge < -0.3 is 9.84 Å². The lowest BCUT2D eigenvalue weighted by molar-refractivity contribution is -0.145. The van der Waals surface area contributed by atoms with Gasteiger partial charge in [0.25, 0.3) is 0 Å². The van der Waals surface area contributed by atoms with Gasteiger partial charge in [0.15, 0.2) is 0 Å². The summed E-state index contributed by atoms with van der Waals surface area (Å²) in [6, 6.07) is -0.343. The molecule has 14 heavy (non-hydrogen) atoms. The number of nitrogens with zero attached hydrogens (tertiary/aromatic N) is 1. The number of hydrogen-bond donors (Lipinski definition) is 1. The highest BCUT2D eigenvalue weighted by atomic mass is 79.9. The fourth-order valence-electron chi connectivity index (χ4n) is 1.66. The van der Waals surface area contributed by atoms with E-state index in [-0.39, 0.29) is 12.0 Å². The molecule has 0 bridgehead atoms. The van der Waals surface area contributed by atoms with E-state index in [4.69, 9.17) is 0 Å². The second-order valence-corrected chi connectivity index (χ2v) is 4.50. The second kappa shape index (κ2) is 4.91. The van der Waals surface area contributed by atoms with Crippen LogP contribution in [0.3, 0.4) is 0 Å². The van der Waals surface area contributed by atoms with Crippen molar-refractivity contribution in [2.45, 2.75) is 18.6 Å². The SMILES string of the molecule is C=C(Br)CN1C[C@H](O)C[C@H]1C(=O)OC. The summed E-state index contributed by atoms with van der Waals surface area (Å²) < 4.78 is 5.45. The molecule has 0 aromatic rings. The van der Waals surface area contributed by atoms with E-state index >= 15 is 0 Å². The van der Waals surface area contributed by atoms with Gasteiger partial charge in [-0.15, -0.1) is 0 Å². The molecule has 1 N–H and O–H groups in total. The lowest BCUT2D eigenvalue weighted by Gasteiger charge is -2.21. The van der Waals surface area contributed by atoms with Crippen LogP contribution in [0, 0.1) is 0 Å². The molecule has 0 saturated carbocycles. The fraction of sp³-hybridized carbons (Fsp3) is 0.667. The number of carbonyl (C=O) groups excluding carboxylic acids is 1. The summed E-state index contributed by atoms with van der Waals surface area (Å²) >= 11 is 3.23. The molecule has 1 aliphatic heterocycles. The molecule has 5 heteroatoms. The Balaban J connectivity index is 2.62. The van der Waals surface area contributed by atoms with Crippen LogP contribution < -0.4 is 0 Å². The van der Waals surface area contributed by atoms with Crippen molar-refractivity contribution in [1.29, 1.82) is 0 Å². The monoisotopic (exact) mass is 263 g/mol. The number of aliphatic hydroxyl groups excluding tert-OH is 1. The van der Waals surface area contributed by atoms with E-state index in [2.05, 4.69) is 27.2 Å². The van der Waals surface area contributed by atoms with Crippen LogP contribution in [0.5, 0.6) is 0 Å². The van der Waals surface area contributed by atoms with Crippen LogP contribution in [0.4, 0.5) is 0 Å². The Morgan fingerprint density at radius 3 is 2.93 bits per heavy atom. The van der Waals surface area contributed by atoms with Crippen LogP contribution in [0.1, 0.15) is 6.42 Å². The Morgan fingerprint density at radius 1 is 1.79 bits per heavy atom. The van der Waals surface area contributed by atoms with Crippen molar-refractivity contribution in [1.82, 2.24) is 4.90 Å². The summed E-state index contributed by atoms with van der Waals surface area (Å²) in [4.78, 5) is 13.2. The summed E-state index contributed by atoms with van der Waals surface area (Å²) in [7, 11) is 1.36. The average molecular weight is 264 g/mol. The molecular weight excluding hydrogens is 250 g/mol. The minimum atomic E-state index is -0.453. The first-order chi connectivity index (χ1) is 6.54. The highest BCUT2D eigenvalue weighted by Gasteiger charge is 2.36. The zero-order chi connectivity index (χ0) is 10.7. The predicted octanol–water partition coefficient (Wildman–Crippen LogP) is 0.503. The number of halogens is 1. The number of rotatable bonds is 3. The third-order valence-electron chi connectivity index (χ3n) is 2.23. The molecule has 0 unspecified atom stereocenters. The number of methoxy groups -OCH3 is 1. The second-order valence-electron chi connectivity index (χ2n) is 3.38. The van der Waals surface area contributed by atoms with Crippen molar-refractivity contribution < 1.29 is 14.6 Å². The molecule has 4 nitrogen and oxygen atoms in total. The molecule has 2 atom stereocenters. The molecular formula is C9H14BrNO3. The minimum absolute atomic E-state index is 0.296. The van der Waals surface area contributed by atoms with Crippen LogP contribution >= 0.6 is 15.9 Å². The molecule has 1 rings (SSSR count). The molecule has 0 amide bonds. The zero-order valence-electron chi connectivity index (χ0n) is 8.07. The first-order valence-electron chi connectivity index (χ1n) is 4.37. The average Bonchev–Trinajstić information content (AvgIpc) is 2.44. The molecule has 0 radical (unpaired) electrons. The fourth-order valence-corrected chi connectivity index (χ4v) is 1.98. The summed E-state index contributed by atoms with van der Waals surface area (Å²) in [5, 5.41) is 9.43. The Bertz CT molecular complexity index is 244. The van der Waals surface area contributed by atoms with E-state index in [0.717, 1.165) is 4.48 Å². The molecule has 1 saturated heterocycles. The number of likely N-dealkylation sites (tertiary alicyclic amines) is 1. The van der Waals surface area contributed by atoms with Crippen LogP contribution in [-0.2, 0) is 9.53 Å². The van der Waals surface area contributed by atoms with Crippen molar-refractivity contribution >= 4 is 21.9 Å². The van der Waals surface area contributed by atoms with E-state index in [0.29, 0.717) is 19.5 Å². The molecule has 0 aromatic heterocycles. The molecule has 1 heterocycles. The Labute approximate surface area is 91.7 Å². The topological polar surface area (TPSA) is 49.8 Å². The smallest absolute Gasteiger partial charge is 0.323 e. The van der Waals surface area contributed by atoms with Gasteiger partial charge in [0.1, 0.15) is 6.04 Å². The van der Waals surface area contributed by atoms with Gasteiger partial charge in [-0.05, 0) is 0 Å². The molecule has 0 aliphatic carbocycles. The highest BCUT2D eigenvalue weighted by molar-refractivity contribution is 9.11. The van der Waals surface area contributed by atoms with Gasteiger partial charge in [0, 0.05) is 24.0 Å². The van der Waals surface area contributed by atoms with Crippen LogP contribution in [-0.4, -0.2) is 48.3 Å². The van der Waals surface area contributed by atoms with E-state index < -0.39 is 6.10 Å². The van der Waals surface area contributed by atoms with Crippen molar-refractivity contribution in [3.63, 3.8) is 0 Å². The van der Waals surface area contributed by atoms with E-state index in [1.807, 2.05) is 4.90 Å². The van der Waals surface area contributed by atoms with Gasteiger partial charge >= 0.3 is 5.97 Å². The summed E-state index contributed by atoms with van der Waals surface area (Å²) in [5.74, 6) is -0.296. The number of carbonyl (C=O) groups is 1. The van der Waals surface area contributed by atoms with Crippen molar-refractivity contribution in [3.05, 3.63) is 11.1 Å². The van der Waals surface area contributed by atoms with E-state index in [1.54, 1.807) is 0 Å². The first-order valence-corrected chi connectivity index (χ1v) is 5.17. The number of hydrogen-bond acceptors (Lipinski definition) is 4. The Hall–Kier alpha value is -0.390. The van der Waals surface area contributed by atoms with Crippen molar-refractivity contribution in [2.75, 3.05) is 20.2 Å². The number of esters is 1. The highest BCUT2D eigenvalue weighted by Crippen LogP contribution is 2.21. The summed E-state index contributed by atoms with van der Waals surface area (Å²) in [6.45, 7) is 4.75. The maximum atomic E-state index is 11.3. The maximum absolute atomic E-state index is 11.3. The number of β-amino-alcohol motifs (C(OH)–C–C–N with tert-alkyl or cyclic N) is 1. The largest absolute Gasteiger partial charge is 0.468 e. The Morgan fingerprint density at radius 2 is 2.43 bits per heavy atom. The van der Waals surface area contributed by atoms with Gasteiger partial charge in [0.05, 0.1) is 13.2 Å². The summed E-state index contributed by atoms with van der Waals surface area (Å²) in [5.41, 5.74) is 0. The van der Waals surface area contributed by atoms with Gasteiger partial charge in [-0.3, -0.25) is 9.69 Å². The normalized spacial score (nSPS) is 27.6. The van der Waals surface area contributed by atoms with Crippen LogP contribution in [0.25, 0.3) is 0 Å².